The van der Waals surface area contributed by atoms with Gasteiger partial charge in [-0.3, -0.25) is 9.78 Å². The highest BCUT2D eigenvalue weighted by Crippen LogP contribution is 2.20. The van der Waals surface area contributed by atoms with Crippen LogP contribution in [0, 0.1) is 3.57 Å². The number of halogens is 1. The monoisotopic (exact) mass is 449 g/mol. The number of aromatic nitrogens is 1. The molecule has 1 aromatic carbocycles. The van der Waals surface area contributed by atoms with Crippen molar-refractivity contribution in [2.75, 3.05) is 26.7 Å². The molecule has 0 aliphatic carbocycles. The van der Waals surface area contributed by atoms with Gasteiger partial charge in [0.1, 0.15) is 0 Å². The Bertz CT molecular complexity index is 699. The summed E-state index contributed by atoms with van der Waals surface area (Å²) in [6.45, 7) is 3.12. The maximum absolute atomic E-state index is 12.8. The molecule has 2 aromatic rings. The van der Waals surface area contributed by atoms with Crippen LogP contribution in [0.25, 0.3) is 0 Å². The van der Waals surface area contributed by atoms with Gasteiger partial charge < -0.3 is 9.80 Å². The van der Waals surface area contributed by atoms with Gasteiger partial charge in [0, 0.05) is 54.6 Å². The summed E-state index contributed by atoms with van der Waals surface area (Å²) in [5.74, 6) is 0.136. The average Bonchev–Trinajstić information content (AvgIpc) is 2.67. The van der Waals surface area contributed by atoms with Crippen molar-refractivity contribution in [3.63, 3.8) is 0 Å². The fourth-order valence-corrected chi connectivity index (χ4v) is 3.96. The van der Waals surface area contributed by atoms with Crippen LogP contribution in [0.3, 0.4) is 0 Å². The SMILES string of the molecule is CN(C(=O)c1ccccc1I)C1CCN(CCc2ccccn2)CC1. The second-order valence-electron chi connectivity index (χ2n) is 6.54. The highest BCUT2D eigenvalue weighted by molar-refractivity contribution is 14.1. The zero-order chi connectivity index (χ0) is 17.6. The first kappa shape index (κ1) is 18.3. The van der Waals surface area contributed by atoms with Crippen molar-refractivity contribution in [1.82, 2.24) is 14.8 Å². The molecule has 0 unspecified atom stereocenters. The van der Waals surface area contributed by atoms with E-state index in [-0.39, 0.29) is 5.91 Å². The molecule has 0 bridgehead atoms. The third-order valence-electron chi connectivity index (χ3n) is 4.94. The quantitative estimate of drug-likeness (QED) is 0.657. The van der Waals surface area contributed by atoms with Gasteiger partial charge in [-0.2, -0.15) is 0 Å². The van der Waals surface area contributed by atoms with Gasteiger partial charge in [-0.05, 0) is 59.7 Å². The maximum Gasteiger partial charge on any atom is 0.254 e. The molecular weight excluding hydrogens is 425 g/mol. The van der Waals surface area contributed by atoms with Crippen LogP contribution in [-0.2, 0) is 6.42 Å². The number of rotatable bonds is 5. The van der Waals surface area contributed by atoms with Crippen LogP contribution >= 0.6 is 22.6 Å². The van der Waals surface area contributed by atoms with Crippen LogP contribution in [-0.4, -0.2) is 53.4 Å². The number of hydrogen-bond acceptors (Lipinski definition) is 3. The summed E-state index contributed by atoms with van der Waals surface area (Å²) in [6, 6.07) is 14.2. The molecule has 2 heterocycles. The van der Waals surface area contributed by atoms with Crippen molar-refractivity contribution < 1.29 is 4.79 Å². The summed E-state index contributed by atoms with van der Waals surface area (Å²) in [4.78, 5) is 21.6. The molecule has 1 aliphatic rings. The van der Waals surface area contributed by atoms with Gasteiger partial charge >= 0.3 is 0 Å². The molecule has 0 atom stereocenters. The summed E-state index contributed by atoms with van der Waals surface area (Å²) in [6.07, 6.45) is 4.91. The molecule has 4 nitrogen and oxygen atoms in total. The molecule has 0 N–H and O–H groups in total. The van der Waals surface area contributed by atoms with Gasteiger partial charge in [-0.1, -0.05) is 18.2 Å². The number of likely N-dealkylation sites (tertiary alicyclic amines) is 1. The first-order valence-corrected chi connectivity index (χ1v) is 9.87. The second-order valence-corrected chi connectivity index (χ2v) is 7.70. The van der Waals surface area contributed by atoms with Crippen LogP contribution in [0.4, 0.5) is 0 Å². The number of pyridine rings is 1. The van der Waals surface area contributed by atoms with Crippen LogP contribution in [0.1, 0.15) is 28.9 Å². The zero-order valence-corrected chi connectivity index (χ0v) is 16.7. The van der Waals surface area contributed by atoms with E-state index in [4.69, 9.17) is 0 Å². The van der Waals surface area contributed by atoms with Crippen molar-refractivity contribution in [3.05, 3.63) is 63.5 Å². The number of piperidine rings is 1. The normalized spacial score (nSPS) is 15.9. The number of carbonyl (C=O) groups excluding carboxylic acids is 1. The number of carbonyl (C=O) groups is 1. The van der Waals surface area contributed by atoms with Crippen LogP contribution < -0.4 is 0 Å². The lowest BCUT2D eigenvalue weighted by Gasteiger charge is -2.36. The van der Waals surface area contributed by atoms with Crippen molar-refractivity contribution >= 4 is 28.5 Å². The minimum Gasteiger partial charge on any atom is -0.339 e. The topological polar surface area (TPSA) is 36.4 Å². The summed E-state index contributed by atoms with van der Waals surface area (Å²) >= 11 is 2.24. The lowest BCUT2D eigenvalue weighted by atomic mass is 10.0. The van der Waals surface area contributed by atoms with Crippen LogP contribution in [0.15, 0.2) is 48.7 Å². The maximum atomic E-state index is 12.8. The largest absolute Gasteiger partial charge is 0.339 e. The Morgan fingerprint density at radius 3 is 2.60 bits per heavy atom. The molecule has 25 heavy (non-hydrogen) atoms. The van der Waals surface area contributed by atoms with Gasteiger partial charge in [0.2, 0.25) is 0 Å². The van der Waals surface area contributed by atoms with E-state index >= 15 is 0 Å². The predicted molar refractivity (Wildman–Crippen MR) is 109 cm³/mol. The van der Waals surface area contributed by atoms with Gasteiger partial charge in [0.05, 0.1) is 5.56 Å². The Morgan fingerprint density at radius 1 is 1.20 bits per heavy atom. The van der Waals surface area contributed by atoms with Crippen molar-refractivity contribution in [2.45, 2.75) is 25.3 Å². The second kappa shape index (κ2) is 8.76. The minimum atomic E-state index is 0.136. The lowest BCUT2D eigenvalue weighted by Crippen LogP contribution is -2.46. The van der Waals surface area contributed by atoms with Gasteiger partial charge in [-0.25, -0.2) is 0 Å². The van der Waals surface area contributed by atoms with Gasteiger partial charge in [-0.15, -0.1) is 0 Å². The van der Waals surface area contributed by atoms with E-state index in [1.165, 1.54) is 0 Å². The highest BCUT2D eigenvalue weighted by atomic mass is 127. The molecule has 3 rings (SSSR count). The van der Waals surface area contributed by atoms with Crippen LogP contribution in [0.2, 0.25) is 0 Å². The summed E-state index contributed by atoms with van der Waals surface area (Å²) in [7, 11) is 1.94. The molecule has 1 saturated heterocycles. The fourth-order valence-electron chi connectivity index (χ4n) is 3.34. The van der Waals surface area contributed by atoms with Gasteiger partial charge in [0.25, 0.3) is 5.91 Å². The Balaban J connectivity index is 1.50. The standard InChI is InChI=1S/C20H24IN3O/c1-23(20(25)18-7-2-3-8-19(18)21)17-10-14-24(15-11-17)13-9-16-6-4-5-12-22-16/h2-8,12,17H,9-11,13-15H2,1H3. The molecule has 0 saturated carbocycles. The summed E-state index contributed by atoms with van der Waals surface area (Å²) in [5.41, 5.74) is 1.96. The first-order valence-electron chi connectivity index (χ1n) is 8.79. The molecule has 132 valence electrons. The zero-order valence-electron chi connectivity index (χ0n) is 14.6. The molecule has 1 aliphatic heterocycles. The van der Waals surface area contributed by atoms with Crippen LogP contribution in [0.5, 0.6) is 0 Å². The van der Waals surface area contributed by atoms with E-state index in [0.29, 0.717) is 6.04 Å². The molecule has 1 aromatic heterocycles. The predicted octanol–water partition coefficient (Wildman–Crippen LogP) is 3.47. The van der Waals surface area contributed by atoms with Crippen molar-refractivity contribution in [3.8, 4) is 0 Å². The fraction of sp³-hybridized carbons (Fsp3) is 0.400. The van der Waals surface area contributed by atoms with Crippen molar-refractivity contribution in [2.24, 2.45) is 0 Å². The summed E-state index contributed by atoms with van der Waals surface area (Å²) < 4.78 is 1.02. The lowest BCUT2D eigenvalue weighted by molar-refractivity contribution is 0.0642. The molecule has 1 amide bonds. The average molecular weight is 449 g/mol. The van der Waals surface area contributed by atoms with E-state index in [1.54, 1.807) is 0 Å². The molecule has 0 spiro atoms. The Hall–Kier alpha value is -1.47. The molecule has 0 radical (unpaired) electrons. The number of amides is 1. The van der Waals surface area contributed by atoms with E-state index in [1.807, 2.05) is 54.5 Å². The van der Waals surface area contributed by atoms with E-state index in [0.717, 1.165) is 53.7 Å². The minimum absolute atomic E-state index is 0.136. The number of hydrogen-bond donors (Lipinski definition) is 0. The smallest absolute Gasteiger partial charge is 0.254 e. The third-order valence-corrected chi connectivity index (χ3v) is 5.88. The van der Waals surface area contributed by atoms with E-state index < -0.39 is 0 Å². The van der Waals surface area contributed by atoms with E-state index in [9.17, 15) is 4.79 Å². The molecule has 1 fully saturated rings. The highest BCUT2D eigenvalue weighted by Gasteiger charge is 2.26. The number of nitrogens with zero attached hydrogens (tertiary/aromatic N) is 3. The van der Waals surface area contributed by atoms with E-state index in [2.05, 4.69) is 38.5 Å². The Labute approximate surface area is 163 Å². The molecule has 5 heteroatoms. The third kappa shape index (κ3) is 4.79. The molecular formula is C20H24IN3O. The Kier molecular flexibility index (Phi) is 6.42. The van der Waals surface area contributed by atoms with Gasteiger partial charge in [0.15, 0.2) is 0 Å². The Morgan fingerprint density at radius 2 is 1.92 bits per heavy atom. The van der Waals surface area contributed by atoms with Crippen molar-refractivity contribution in [1.29, 1.82) is 0 Å². The first-order chi connectivity index (χ1) is 12.1. The summed E-state index contributed by atoms with van der Waals surface area (Å²) in [5, 5.41) is 0. The number of benzene rings is 1.